The zero-order valence-corrected chi connectivity index (χ0v) is 13.1. The van der Waals surface area contributed by atoms with Crippen molar-refractivity contribution >= 4 is 23.8 Å². The number of aromatic amines is 1. The molecule has 1 N–H and O–H groups in total. The lowest BCUT2D eigenvalue weighted by Gasteiger charge is -2.16. The van der Waals surface area contributed by atoms with E-state index in [1.165, 1.54) is 4.68 Å². The Labute approximate surface area is 129 Å². The summed E-state index contributed by atoms with van der Waals surface area (Å²) in [6.45, 7) is 5.96. The average Bonchev–Trinajstić information content (AvgIpc) is 2.70. The van der Waals surface area contributed by atoms with Gasteiger partial charge >= 0.3 is 6.18 Å². The van der Waals surface area contributed by atoms with E-state index in [1.54, 1.807) is 6.07 Å². The summed E-state index contributed by atoms with van der Waals surface area (Å²) in [5.74, 6) is 0.144. The molecule has 0 radical (unpaired) electrons. The summed E-state index contributed by atoms with van der Waals surface area (Å²) < 4.78 is 39.6. The Morgan fingerprint density at radius 1 is 1.24 bits per heavy atom. The third-order valence-electron chi connectivity index (χ3n) is 2.89. The van der Waals surface area contributed by atoms with Gasteiger partial charge in [0, 0.05) is 17.3 Å². The van der Waals surface area contributed by atoms with Crippen LogP contribution in [0.3, 0.4) is 0 Å². The summed E-state index contributed by atoms with van der Waals surface area (Å²) in [6.07, 6.45) is -3.75. The molecule has 114 valence electrons. The van der Waals surface area contributed by atoms with Crippen LogP contribution in [0.25, 0.3) is 5.82 Å². The standard InChI is InChI=1S/C13H13ClF3N3S/c1-12(2,3)9-5-10(21)20(19-9)11-8(14)4-7(6-18-11)13(15,16)17/h4-6,19H,1-3H3. The van der Waals surface area contributed by atoms with E-state index >= 15 is 0 Å². The first-order chi connectivity index (χ1) is 9.50. The Hall–Kier alpha value is -1.34. The van der Waals surface area contributed by atoms with E-state index in [4.69, 9.17) is 23.8 Å². The van der Waals surface area contributed by atoms with Gasteiger partial charge in [-0.3, -0.25) is 5.10 Å². The topological polar surface area (TPSA) is 33.6 Å². The minimum absolute atomic E-state index is 0.122. The molecule has 0 saturated carbocycles. The molecule has 0 aliphatic carbocycles. The molecule has 2 rings (SSSR count). The van der Waals surface area contributed by atoms with Crippen molar-refractivity contribution in [1.29, 1.82) is 0 Å². The molecule has 0 atom stereocenters. The molecule has 0 aromatic carbocycles. The number of nitrogens with zero attached hydrogens (tertiary/aromatic N) is 2. The van der Waals surface area contributed by atoms with Crippen molar-refractivity contribution in [3.8, 4) is 5.82 Å². The summed E-state index contributed by atoms with van der Waals surface area (Å²) in [7, 11) is 0. The number of alkyl halides is 3. The normalized spacial score (nSPS) is 12.7. The molecule has 2 aromatic rings. The van der Waals surface area contributed by atoms with Gasteiger partial charge in [0.15, 0.2) is 5.82 Å². The van der Waals surface area contributed by atoms with E-state index in [1.807, 2.05) is 20.8 Å². The van der Waals surface area contributed by atoms with Gasteiger partial charge in [0.25, 0.3) is 0 Å². The second-order valence-corrected chi connectivity index (χ2v) is 6.45. The number of H-pyrrole nitrogens is 1. The Morgan fingerprint density at radius 3 is 2.29 bits per heavy atom. The lowest BCUT2D eigenvalue weighted by atomic mass is 9.93. The molecular weight excluding hydrogens is 323 g/mol. The molecular formula is C13H13ClF3N3S. The molecule has 8 heteroatoms. The summed E-state index contributed by atoms with van der Waals surface area (Å²) in [6, 6.07) is 2.58. The molecule has 0 bridgehead atoms. The quantitative estimate of drug-likeness (QED) is 0.752. The van der Waals surface area contributed by atoms with E-state index in [9.17, 15) is 13.2 Å². The van der Waals surface area contributed by atoms with Gasteiger partial charge in [-0.2, -0.15) is 13.2 Å². The molecule has 0 spiro atoms. The van der Waals surface area contributed by atoms with E-state index in [0.29, 0.717) is 4.64 Å². The first-order valence-corrected chi connectivity index (χ1v) is 6.84. The average molecular weight is 336 g/mol. The zero-order chi connectivity index (χ0) is 16.0. The monoisotopic (exact) mass is 335 g/mol. The van der Waals surface area contributed by atoms with Crippen LogP contribution < -0.4 is 0 Å². The van der Waals surface area contributed by atoms with Crippen LogP contribution in [0.15, 0.2) is 18.3 Å². The molecule has 0 saturated heterocycles. The highest BCUT2D eigenvalue weighted by Crippen LogP contribution is 2.32. The lowest BCUT2D eigenvalue weighted by Crippen LogP contribution is -2.13. The number of nitrogens with one attached hydrogen (secondary N) is 1. The SMILES string of the molecule is CC(C)(C)c1cc(=S)n(-c2ncc(C(F)(F)F)cc2Cl)[nH]1. The van der Waals surface area contributed by atoms with Gasteiger partial charge in [0.1, 0.15) is 4.64 Å². The molecule has 0 amide bonds. The van der Waals surface area contributed by atoms with Gasteiger partial charge in [-0.25, -0.2) is 9.67 Å². The molecule has 0 unspecified atom stereocenters. The summed E-state index contributed by atoms with van der Waals surface area (Å²) in [4.78, 5) is 3.78. The van der Waals surface area contributed by atoms with Crippen molar-refractivity contribution in [3.63, 3.8) is 0 Å². The van der Waals surface area contributed by atoms with Crippen molar-refractivity contribution in [2.75, 3.05) is 0 Å². The molecule has 0 fully saturated rings. The summed E-state index contributed by atoms with van der Waals surface area (Å²) >= 11 is 11.1. The van der Waals surface area contributed by atoms with Crippen LogP contribution in [-0.2, 0) is 11.6 Å². The van der Waals surface area contributed by atoms with Gasteiger partial charge in [-0.05, 0) is 12.1 Å². The van der Waals surface area contributed by atoms with Crippen molar-refractivity contribution in [2.45, 2.75) is 32.4 Å². The van der Waals surface area contributed by atoms with E-state index in [2.05, 4.69) is 10.1 Å². The van der Waals surface area contributed by atoms with Gasteiger partial charge in [-0.1, -0.05) is 44.6 Å². The van der Waals surface area contributed by atoms with Crippen molar-refractivity contribution in [2.24, 2.45) is 0 Å². The van der Waals surface area contributed by atoms with Gasteiger partial charge < -0.3 is 0 Å². The zero-order valence-electron chi connectivity index (χ0n) is 11.5. The smallest absolute Gasteiger partial charge is 0.295 e. The fourth-order valence-corrected chi connectivity index (χ4v) is 2.19. The number of rotatable bonds is 1. The van der Waals surface area contributed by atoms with Crippen LogP contribution in [0.1, 0.15) is 32.0 Å². The van der Waals surface area contributed by atoms with Crippen LogP contribution in [0.4, 0.5) is 13.2 Å². The summed E-state index contributed by atoms with van der Waals surface area (Å²) in [5, 5.41) is 2.90. The Bertz CT molecular complexity index is 725. The van der Waals surface area contributed by atoms with E-state index in [-0.39, 0.29) is 16.3 Å². The minimum atomic E-state index is -4.48. The maximum atomic E-state index is 12.6. The largest absolute Gasteiger partial charge is 0.417 e. The van der Waals surface area contributed by atoms with Crippen LogP contribution in [0, 0.1) is 4.64 Å². The highest BCUT2D eigenvalue weighted by Gasteiger charge is 2.32. The third-order valence-corrected chi connectivity index (χ3v) is 3.47. The van der Waals surface area contributed by atoms with Crippen LogP contribution in [-0.4, -0.2) is 14.8 Å². The van der Waals surface area contributed by atoms with Crippen molar-refractivity contribution in [3.05, 3.63) is 39.3 Å². The molecule has 3 nitrogen and oxygen atoms in total. The Kier molecular flexibility index (Phi) is 3.92. The van der Waals surface area contributed by atoms with Gasteiger partial charge in [-0.15, -0.1) is 0 Å². The van der Waals surface area contributed by atoms with Crippen LogP contribution in [0.2, 0.25) is 5.02 Å². The van der Waals surface area contributed by atoms with Crippen molar-refractivity contribution in [1.82, 2.24) is 14.8 Å². The lowest BCUT2D eigenvalue weighted by molar-refractivity contribution is -0.137. The second-order valence-electron chi connectivity index (χ2n) is 5.62. The van der Waals surface area contributed by atoms with Crippen LogP contribution in [0.5, 0.6) is 0 Å². The van der Waals surface area contributed by atoms with E-state index < -0.39 is 11.7 Å². The molecule has 21 heavy (non-hydrogen) atoms. The number of aromatic nitrogens is 3. The first kappa shape index (κ1) is 16.0. The Balaban J connectivity index is 2.54. The predicted octanol–water partition coefficient (Wildman–Crippen LogP) is 4.90. The number of hydrogen-bond donors (Lipinski definition) is 1. The maximum absolute atomic E-state index is 12.6. The van der Waals surface area contributed by atoms with Gasteiger partial charge in [0.05, 0.1) is 10.6 Å². The maximum Gasteiger partial charge on any atom is 0.417 e. The number of hydrogen-bond acceptors (Lipinski definition) is 2. The molecule has 0 aliphatic heterocycles. The first-order valence-electron chi connectivity index (χ1n) is 6.06. The predicted molar refractivity (Wildman–Crippen MR) is 77.5 cm³/mol. The number of halogens is 4. The molecule has 0 aliphatic rings. The van der Waals surface area contributed by atoms with E-state index in [0.717, 1.165) is 18.0 Å². The third kappa shape index (κ3) is 3.29. The second kappa shape index (κ2) is 5.14. The van der Waals surface area contributed by atoms with Crippen LogP contribution >= 0.6 is 23.8 Å². The Morgan fingerprint density at radius 2 is 1.86 bits per heavy atom. The highest BCUT2D eigenvalue weighted by atomic mass is 35.5. The molecule has 2 heterocycles. The van der Waals surface area contributed by atoms with Gasteiger partial charge in [0.2, 0.25) is 0 Å². The molecule has 2 aromatic heterocycles. The minimum Gasteiger partial charge on any atom is -0.295 e. The fourth-order valence-electron chi connectivity index (χ4n) is 1.69. The number of pyridine rings is 1. The fraction of sp³-hybridized carbons (Fsp3) is 0.385. The summed E-state index contributed by atoms with van der Waals surface area (Å²) in [5.41, 5.74) is -0.243. The highest BCUT2D eigenvalue weighted by molar-refractivity contribution is 7.71. The van der Waals surface area contributed by atoms with Crippen molar-refractivity contribution < 1.29 is 13.2 Å².